The van der Waals surface area contributed by atoms with Gasteiger partial charge in [0.05, 0.1) is 12.0 Å². The lowest BCUT2D eigenvalue weighted by molar-refractivity contribution is -0.142. The first-order chi connectivity index (χ1) is 16.7. The van der Waals surface area contributed by atoms with Gasteiger partial charge in [-0.3, -0.25) is 9.59 Å². The molecule has 0 bridgehead atoms. The number of hydrogen-bond acceptors (Lipinski definition) is 5. The lowest BCUT2D eigenvalue weighted by Gasteiger charge is -2.41. The number of benzene rings is 2. The Bertz CT molecular complexity index is 1060. The fourth-order valence-electron chi connectivity index (χ4n) is 5.08. The minimum atomic E-state index is -1.52. The average Bonchev–Trinajstić information content (AvgIpc) is 3.11. The fourth-order valence-corrected chi connectivity index (χ4v) is 5.08. The van der Waals surface area contributed by atoms with Gasteiger partial charge in [-0.15, -0.1) is 0 Å². The number of nitrogens with one attached hydrogen (secondary N) is 2. The highest BCUT2D eigenvalue weighted by Crippen LogP contribution is 2.45. The van der Waals surface area contributed by atoms with Crippen LogP contribution in [0, 0.1) is 5.41 Å². The normalized spacial score (nSPS) is 17.3. The fraction of sp³-hybridized carbons (Fsp3) is 0.444. The van der Waals surface area contributed by atoms with E-state index in [2.05, 4.69) is 34.9 Å². The zero-order chi connectivity index (χ0) is 25.1. The maximum absolute atomic E-state index is 12.5. The van der Waals surface area contributed by atoms with E-state index in [1.807, 2.05) is 24.3 Å². The van der Waals surface area contributed by atoms with Gasteiger partial charge in [-0.05, 0) is 47.4 Å². The number of carbonyl (C=O) groups excluding carboxylic acids is 2. The van der Waals surface area contributed by atoms with Crippen molar-refractivity contribution in [2.24, 2.45) is 5.41 Å². The summed E-state index contributed by atoms with van der Waals surface area (Å²) in [6, 6.07) is 16.3. The minimum absolute atomic E-state index is 0.0183. The molecule has 1 atom stereocenters. The monoisotopic (exact) mass is 480 g/mol. The number of aliphatic hydroxyl groups is 1. The summed E-state index contributed by atoms with van der Waals surface area (Å²) in [5.41, 5.74) is 2.75. The van der Waals surface area contributed by atoms with Crippen LogP contribution < -0.4 is 10.6 Å². The number of fused-ring (bicyclic) bond motifs is 3. The molecule has 1 fully saturated rings. The van der Waals surface area contributed by atoms with Gasteiger partial charge in [0.1, 0.15) is 6.61 Å². The Balaban J connectivity index is 1.27. The number of aliphatic carboxylic acids is 1. The second-order valence-electron chi connectivity index (χ2n) is 10.1. The second-order valence-corrected chi connectivity index (χ2v) is 10.1. The largest absolute Gasteiger partial charge is 0.481 e. The standard InChI is InChI=1S/C27H32N2O6/c1-26(34,14-24(31)32)16-28-23(30)13-27(11-6-12-27)17-29-25(33)35-15-22-20-9-4-2-7-18(20)19-8-3-5-10-21(19)22/h2-5,7-10,22,34H,6,11-17H2,1H3,(H,28,30)(H,29,33)(H,31,32). The summed E-state index contributed by atoms with van der Waals surface area (Å²) in [7, 11) is 0. The third-order valence-electron chi connectivity index (χ3n) is 7.10. The Hall–Kier alpha value is -3.39. The van der Waals surface area contributed by atoms with Crippen LogP contribution in [0.2, 0.25) is 0 Å². The molecule has 8 heteroatoms. The predicted octanol–water partition coefficient (Wildman–Crippen LogP) is 3.43. The first-order valence-electron chi connectivity index (χ1n) is 12.0. The van der Waals surface area contributed by atoms with E-state index in [0.717, 1.165) is 30.4 Å². The molecule has 0 radical (unpaired) electrons. The van der Waals surface area contributed by atoms with E-state index in [-0.39, 0.29) is 36.8 Å². The maximum Gasteiger partial charge on any atom is 0.407 e. The van der Waals surface area contributed by atoms with E-state index < -0.39 is 24.1 Å². The molecule has 0 aliphatic heterocycles. The van der Waals surface area contributed by atoms with Crippen molar-refractivity contribution in [2.45, 2.75) is 50.5 Å². The zero-order valence-corrected chi connectivity index (χ0v) is 19.9. The van der Waals surface area contributed by atoms with Gasteiger partial charge in [0, 0.05) is 25.4 Å². The summed E-state index contributed by atoms with van der Waals surface area (Å²) in [5, 5.41) is 24.4. The Kier molecular flexibility index (Phi) is 7.12. The summed E-state index contributed by atoms with van der Waals surface area (Å²) in [4.78, 5) is 35.8. The van der Waals surface area contributed by atoms with Gasteiger partial charge in [0.15, 0.2) is 0 Å². The topological polar surface area (TPSA) is 125 Å². The van der Waals surface area contributed by atoms with Gasteiger partial charge in [-0.1, -0.05) is 55.0 Å². The van der Waals surface area contributed by atoms with E-state index in [0.29, 0.717) is 6.54 Å². The molecule has 186 valence electrons. The van der Waals surface area contributed by atoms with E-state index >= 15 is 0 Å². The minimum Gasteiger partial charge on any atom is -0.481 e. The highest BCUT2D eigenvalue weighted by Gasteiger charge is 2.40. The maximum atomic E-state index is 12.5. The molecule has 1 unspecified atom stereocenters. The smallest absolute Gasteiger partial charge is 0.407 e. The summed E-state index contributed by atoms with van der Waals surface area (Å²) in [6.07, 6.45) is 1.80. The number of carbonyl (C=O) groups is 3. The Labute approximate surface area is 204 Å². The first kappa shape index (κ1) is 24.7. The van der Waals surface area contributed by atoms with Crippen LogP contribution in [0.1, 0.15) is 56.1 Å². The number of carboxylic acids is 1. The van der Waals surface area contributed by atoms with E-state index in [1.54, 1.807) is 0 Å². The predicted molar refractivity (Wildman–Crippen MR) is 130 cm³/mol. The molecule has 8 nitrogen and oxygen atoms in total. The molecule has 0 heterocycles. The number of rotatable bonds is 10. The summed E-state index contributed by atoms with van der Waals surface area (Å²) in [6.45, 7) is 1.78. The van der Waals surface area contributed by atoms with Gasteiger partial charge in [-0.25, -0.2) is 4.79 Å². The Morgan fingerprint density at radius 2 is 1.63 bits per heavy atom. The second kappa shape index (κ2) is 10.1. The van der Waals surface area contributed by atoms with Crippen LogP contribution in [0.3, 0.4) is 0 Å². The molecule has 2 aliphatic rings. The number of hydrogen-bond donors (Lipinski definition) is 4. The van der Waals surface area contributed by atoms with E-state index in [9.17, 15) is 19.5 Å². The molecule has 1 saturated carbocycles. The van der Waals surface area contributed by atoms with Crippen molar-refractivity contribution in [3.05, 3.63) is 59.7 Å². The number of amides is 2. The molecule has 2 aliphatic carbocycles. The van der Waals surface area contributed by atoms with Crippen LogP contribution in [-0.4, -0.2) is 53.5 Å². The summed E-state index contributed by atoms with van der Waals surface area (Å²) in [5.74, 6) is -1.42. The first-order valence-corrected chi connectivity index (χ1v) is 12.0. The SMILES string of the molecule is CC(O)(CNC(=O)CC1(CNC(=O)OCC2c3ccccc3-c3ccccc32)CCC1)CC(=O)O. The van der Waals surface area contributed by atoms with Crippen LogP contribution in [-0.2, 0) is 14.3 Å². The van der Waals surface area contributed by atoms with Crippen molar-refractivity contribution < 1.29 is 29.3 Å². The van der Waals surface area contributed by atoms with Crippen LogP contribution >= 0.6 is 0 Å². The van der Waals surface area contributed by atoms with Crippen LogP contribution in [0.4, 0.5) is 4.79 Å². The Morgan fingerprint density at radius 1 is 1.03 bits per heavy atom. The molecular formula is C27H32N2O6. The molecule has 2 aromatic carbocycles. The highest BCUT2D eigenvalue weighted by atomic mass is 16.5. The van der Waals surface area contributed by atoms with Gasteiger partial charge < -0.3 is 25.6 Å². The lowest BCUT2D eigenvalue weighted by Crippen LogP contribution is -2.47. The van der Waals surface area contributed by atoms with Crippen LogP contribution in [0.5, 0.6) is 0 Å². The number of alkyl carbamates (subject to hydrolysis) is 1. The van der Waals surface area contributed by atoms with Gasteiger partial charge in [-0.2, -0.15) is 0 Å². The molecule has 0 aromatic heterocycles. The molecule has 0 spiro atoms. The van der Waals surface area contributed by atoms with Gasteiger partial charge in [0.2, 0.25) is 5.91 Å². The molecule has 2 aromatic rings. The molecule has 2 amide bonds. The third-order valence-corrected chi connectivity index (χ3v) is 7.10. The molecule has 35 heavy (non-hydrogen) atoms. The number of ether oxygens (including phenoxy) is 1. The van der Waals surface area contributed by atoms with Crippen LogP contribution in [0.25, 0.3) is 11.1 Å². The third kappa shape index (κ3) is 5.82. The molecule has 0 saturated heterocycles. The quantitative estimate of drug-likeness (QED) is 0.413. The molecular weight excluding hydrogens is 448 g/mol. The molecule has 4 N–H and O–H groups in total. The number of carboxylic acid groups (broad SMARTS) is 1. The van der Waals surface area contributed by atoms with E-state index in [1.165, 1.54) is 18.1 Å². The van der Waals surface area contributed by atoms with Crippen molar-refractivity contribution >= 4 is 18.0 Å². The van der Waals surface area contributed by atoms with Crippen molar-refractivity contribution in [1.29, 1.82) is 0 Å². The zero-order valence-electron chi connectivity index (χ0n) is 19.9. The molecule has 4 rings (SSSR count). The highest BCUT2D eigenvalue weighted by molar-refractivity contribution is 5.79. The summed E-state index contributed by atoms with van der Waals surface area (Å²) < 4.78 is 5.60. The van der Waals surface area contributed by atoms with Crippen molar-refractivity contribution in [2.75, 3.05) is 19.7 Å². The Morgan fingerprint density at radius 3 is 2.17 bits per heavy atom. The summed E-state index contributed by atoms with van der Waals surface area (Å²) >= 11 is 0. The van der Waals surface area contributed by atoms with Gasteiger partial charge in [0.25, 0.3) is 0 Å². The lowest BCUT2D eigenvalue weighted by atomic mass is 9.66. The van der Waals surface area contributed by atoms with Crippen LogP contribution in [0.15, 0.2) is 48.5 Å². The van der Waals surface area contributed by atoms with Crippen molar-refractivity contribution in [1.82, 2.24) is 10.6 Å². The van der Waals surface area contributed by atoms with E-state index in [4.69, 9.17) is 9.84 Å². The van der Waals surface area contributed by atoms with Crippen molar-refractivity contribution in [3.63, 3.8) is 0 Å². The van der Waals surface area contributed by atoms with Gasteiger partial charge >= 0.3 is 12.1 Å². The van der Waals surface area contributed by atoms with Crippen molar-refractivity contribution in [3.8, 4) is 11.1 Å². The average molecular weight is 481 g/mol.